The number of para-hydroxylation sites is 1. The monoisotopic (exact) mass is 412 g/mol. The Hall–Kier alpha value is -1.85. The number of piperidine rings is 1. The van der Waals surface area contributed by atoms with Crippen LogP contribution in [-0.4, -0.2) is 47.5 Å². The molecular weight excluding hydrogens is 380 g/mol. The molecule has 5 heteroatoms. The number of rotatable bonds is 6. The molecule has 156 valence electrons. The average Bonchev–Trinajstić information content (AvgIpc) is 3.24. The van der Waals surface area contributed by atoms with E-state index in [4.69, 9.17) is 4.74 Å². The van der Waals surface area contributed by atoms with Gasteiger partial charge in [-0.15, -0.1) is 0 Å². The summed E-state index contributed by atoms with van der Waals surface area (Å²) >= 11 is 1.77. The number of nitrogens with zero attached hydrogens (tertiary/aromatic N) is 2. The van der Waals surface area contributed by atoms with Gasteiger partial charge >= 0.3 is 0 Å². The SMILES string of the molecule is CCN(CC)C(=O)CC1CC2(CCN(Cc3ccsc3)CC2)Oc2ccccc21. The van der Waals surface area contributed by atoms with E-state index in [-0.39, 0.29) is 17.4 Å². The van der Waals surface area contributed by atoms with Crippen molar-refractivity contribution in [2.75, 3.05) is 26.2 Å². The molecule has 2 aliphatic rings. The van der Waals surface area contributed by atoms with Gasteiger partial charge in [0.25, 0.3) is 0 Å². The van der Waals surface area contributed by atoms with Gasteiger partial charge in [-0.05, 0) is 67.1 Å². The van der Waals surface area contributed by atoms with Crippen LogP contribution < -0.4 is 4.74 Å². The molecular formula is C24H32N2O2S. The van der Waals surface area contributed by atoms with Gasteiger partial charge in [0.1, 0.15) is 11.4 Å². The highest BCUT2D eigenvalue weighted by Crippen LogP contribution is 2.46. The van der Waals surface area contributed by atoms with Gasteiger partial charge in [-0.25, -0.2) is 0 Å². The minimum Gasteiger partial charge on any atom is -0.487 e. The van der Waals surface area contributed by atoms with Crippen molar-refractivity contribution in [3.05, 3.63) is 52.2 Å². The Morgan fingerprint density at radius 3 is 2.66 bits per heavy atom. The summed E-state index contributed by atoms with van der Waals surface area (Å²) in [7, 11) is 0. The molecule has 1 saturated heterocycles. The van der Waals surface area contributed by atoms with Crippen LogP contribution in [-0.2, 0) is 11.3 Å². The van der Waals surface area contributed by atoms with E-state index < -0.39 is 0 Å². The van der Waals surface area contributed by atoms with Crippen molar-refractivity contribution < 1.29 is 9.53 Å². The van der Waals surface area contributed by atoms with Crippen LogP contribution in [0, 0.1) is 0 Å². The maximum absolute atomic E-state index is 12.9. The lowest BCUT2D eigenvalue weighted by Gasteiger charge is -2.47. The second-order valence-corrected chi connectivity index (χ2v) is 9.18. The zero-order valence-electron chi connectivity index (χ0n) is 17.6. The highest BCUT2D eigenvalue weighted by atomic mass is 32.1. The fraction of sp³-hybridized carbons (Fsp3) is 0.542. The van der Waals surface area contributed by atoms with Gasteiger partial charge in [-0.1, -0.05) is 18.2 Å². The molecule has 0 bridgehead atoms. The standard InChI is InChI=1S/C24H32N2O2S/c1-3-26(4-2)23(27)15-20-16-24(28-22-8-6-5-7-21(20)22)10-12-25(13-11-24)17-19-9-14-29-18-19/h5-9,14,18,20H,3-4,10-13,15-17H2,1-2H3. The van der Waals surface area contributed by atoms with E-state index in [1.54, 1.807) is 11.3 Å². The maximum atomic E-state index is 12.9. The van der Waals surface area contributed by atoms with Gasteiger partial charge in [0.2, 0.25) is 5.91 Å². The predicted octanol–water partition coefficient (Wildman–Crippen LogP) is 4.91. The van der Waals surface area contributed by atoms with E-state index in [2.05, 4.69) is 53.8 Å². The zero-order chi connectivity index (χ0) is 20.3. The van der Waals surface area contributed by atoms with Crippen LogP contribution in [0.15, 0.2) is 41.1 Å². The van der Waals surface area contributed by atoms with Crippen LogP contribution in [0.25, 0.3) is 0 Å². The lowest BCUT2D eigenvalue weighted by molar-refractivity contribution is -0.131. The minimum atomic E-state index is -0.131. The van der Waals surface area contributed by atoms with Crippen molar-refractivity contribution in [2.45, 2.75) is 57.6 Å². The fourth-order valence-corrected chi connectivity index (χ4v) is 5.57. The Morgan fingerprint density at radius 1 is 1.21 bits per heavy atom. The van der Waals surface area contributed by atoms with Crippen LogP contribution in [0.4, 0.5) is 0 Å². The van der Waals surface area contributed by atoms with Gasteiger partial charge in [0.05, 0.1) is 0 Å². The molecule has 29 heavy (non-hydrogen) atoms. The molecule has 1 atom stereocenters. The summed E-state index contributed by atoms with van der Waals surface area (Å²) < 4.78 is 6.62. The molecule has 2 aromatic rings. The number of hydrogen-bond donors (Lipinski definition) is 0. The number of carbonyl (C=O) groups is 1. The summed E-state index contributed by atoms with van der Waals surface area (Å²) in [5.74, 6) is 1.50. The van der Waals surface area contributed by atoms with Gasteiger partial charge in [0.15, 0.2) is 0 Å². The Bertz CT molecular complexity index is 808. The molecule has 2 aliphatic heterocycles. The van der Waals surface area contributed by atoms with Crippen LogP contribution >= 0.6 is 11.3 Å². The lowest BCUT2D eigenvalue weighted by Crippen LogP contribution is -2.50. The Balaban J connectivity index is 1.47. The largest absolute Gasteiger partial charge is 0.487 e. The molecule has 0 saturated carbocycles. The third-order valence-electron chi connectivity index (χ3n) is 6.59. The van der Waals surface area contributed by atoms with Crippen molar-refractivity contribution in [3.63, 3.8) is 0 Å². The van der Waals surface area contributed by atoms with Gasteiger partial charge < -0.3 is 9.64 Å². The summed E-state index contributed by atoms with van der Waals surface area (Å²) in [4.78, 5) is 17.3. The molecule has 4 nitrogen and oxygen atoms in total. The number of thiophene rings is 1. The molecule has 1 unspecified atom stereocenters. The first-order valence-electron chi connectivity index (χ1n) is 10.9. The predicted molar refractivity (Wildman–Crippen MR) is 119 cm³/mol. The minimum absolute atomic E-state index is 0.131. The van der Waals surface area contributed by atoms with Crippen LogP contribution in [0.3, 0.4) is 0 Å². The average molecular weight is 413 g/mol. The van der Waals surface area contributed by atoms with Crippen molar-refractivity contribution in [3.8, 4) is 5.75 Å². The Labute approximate surface area is 178 Å². The van der Waals surface area contributed by atoms with E-state index in [0.29, 0.717) is 6.42 Å². The van der Waals surface area contributed by atoms with Crippen molar-refractivity contribution in [2.24, 2.45) is 0 Å². The number of ether oxygens (including phenoxy) is 1. The number of amides is 1. The second-order valence-electron chi connectivity index (χ2n) is 8.40. The fourth-order valence-electron chi connectivity index (χ4n) is 4.91. The van der Waals surface area contributed by atoms with E-state index >= 15 is 0 Å². The van der Waals surface area contributed by atoms with Crippen LogP contribution in [0.1, 0.15) is 56.6 Å². The van der Waals surface area contributed by atoms with Gasteiger partial charge in [-0.3, -0.25) is 9.69 Å². The van der Waals surface area contributed by atoms with E-state index in [0.717, 1.165) is 57.7 Å². The molecule has 1 spiro atoms. The number of likely N-dealkylation sites (tertiary alicyclic amines) is 1. The third kappa shape index (κ3) is 4.51. The highest BCUT2D eigenvalue weighted by molar-refractivity contribution is 7.07. The van der Waals surface area contributed by atoms with E-state index in [9.17, 15) is 4.79 Å². The molecule has 1 amide bonds. The van der Waals surface area contributed by atoms with Gasteiger partial charge in [-0.2, -0.15) is 11.3 Å². The first kappa shape index (κ1) is 20.4. The maximum Gasteiger partial charge on any atom is 0.223 e. The smallest absolute Gasteiger partial charge is 0.223 e. The molecule has 1 fully saturated rings. The summed E-state index contributed by atoms with van der Waals surface area (Å²) in [6.45, 7) is 8.81. The zero-order valence-corrected chi connectivity index (χ0v) is 18.4. The highest BCUT2D eigenvalue weighted by Gasteiger charge is 2.43. The third-order valence-corrected chi connectivity index (χ3v) is 7.33. The summed E-state index contributed by atoms with van der Waals surface area (Å²) in [5, 5.41) is 4.39. The van der Waals surface area contributed by atoms with E-state index in [1.807, 2.05) is 11.0 Å². The van der Waals surface area contributed by atoms with Gasteiger partial charge in [0, 0.05) is 45.1 Å². The first-order chi connectivity index (χ1) is 14.1. The van der Waals surface area contributed by atoms with Crippen molar-refractivity contribution >= 4 is 17.2 Å². The first-order valence-corrected chi connectivity index (χ1v) is 11.9. The molecule has 3 heterocycles. The summed E-state index contributed by atoms with van der Waals surface area (Å²) in [6, 6.07) is 10.6. The Kier molecular flexibility index (Phi) is 6.26. The lowest BCUT2D eigenvalue weighted by atomic mass is 9.76. The number of fused-ring (bicyclic) bond motifs is 1. The van der Waals surface area contributed by atoms with Crippen molar-refractivity contribution in [1.29, 1.82) is 0 Å². The second kappa shape index (κ2) is 8.88. The summed E-state index contributed by atoms with van der Waals surface area (Å²) in [5.41, 5.74) is 2.48. The topological polar surface area (TPSA) is 32.8 Å². The number of benzene rings is 1. The quantitative estimate of drug-likeness (QED) is 0.676. The molecule has 4 rings (SSSR count). The molecule has 1 aromatic carbocycles. The van der Waals surface area contributed by atoms with Crippen LogP contribution in [0.5, 0.6) is 5.75 Å². The number of hydrogen-bond acceptors (Lipinski definition) is 4. The molecule has 0 aliphatic carbocycles. The molecule has 0 radical (unpaired) electrons. The van der Waals surface area contributed by atoms with Crippen LogP contribution in [0.2, 0.25) is 0 Å². The molecule has 0 N–H and O–H groups in total. The van der Waals surface area contributed by atoms with Crippen molar-refractivity contribution in [1.82, 2.24) is 9.80 Å². The summed E-state index contributed by atoms with van der Waals surface area (Å²) in [6.07, 6.45) is 3.59. The molecule has 1 aromatic heterocycles. The normalized spacial score (nSPS) is 20.8. The number of carbonyl (C=O) groups excluding carboxylic acids is 1. The Morgan fingerprint density at radius 2 is 1.97 bits per heavy atom. The van der Waals surface area contributed by atoms with E-state index in [1.165, 1.54) is 11.1 Å².